The number of aromatic amines is 1. The van der Waals surface area contributed by atoms with E-state index in [9.17, 15) is 9.59 Å². The molecular weight excluding hydrogens is 272 g/mol. The van der Waals surface area contributed by atoms with Crippen LogP contribution in [0.3, 0.4) is 0 Å². The highest BCUT2D eigenvalue weighted by Gasteiger charge is 2.30. The monoisotopic (exact) mass is 292 g/mol. The van der Waals surface area contributed by atoms with E-state index in [-0.39, 0.29) is 17.3 Å². The molecule has 0 unspecified atom stereocenters. The van der Waals surface area contributed by atoms with Crippen LogP contribution in [0.5, 0.6) is 0 Å². The molecule has 0 radical (unpaired) electrons. The highest BCUT2D eigenvalue weighted by atomic mass is 16.4. The second kappa shape index (κ2) is 5.85. The molecular formula is C14H20N4O3. The second-order valence-electron chi connectivity index (χ2n) is 5.70. The molecule has 0 atom stereocenters. The van der Waals surface area contributed by atoms with Crippen molar-refractivity contribution in [2.45, 2.75) is 31.7 Å². The van der Waals surface area contributed by atoms with Crippen molar-refractivity contribution in [1.29, 1.82) is 0 Å². The number of hydrogen-bond acceptors (Lipinski definition) is 4. The van der Waals surface area contributed by atoms with Crippen LogP contribution in [0.2, 0.25) is 0 Å². The van der Waals surface area contributed by atoms with Gasteiger partial charge in [-0.15, -0.1) is 0 Å². The molecule has 2 fully saturated rings. The van der Waals surface area contributed by atoms with Crippen molar-refractivity contribution in [3.63, 3.8) is 0 Å². The van der Waals surface area contributed by atoms with Crippen molar-refractivity contribution < 1.29 is 14.7 Å². The lowest BCUT2D eigenvalue weighted by molar-refractivity contribution is 0.0556. The number of nitrogens with one attached hydrogen (secondary N) is 1. The molecule has 1 aliphatic carbocycles. The molecule has 1 amide bonds. The Morgan fingerprint density at radius 3 is 2.48 bits per heavy atom. The van der Waals surface area contributed by atoms with Crippen LogP contribution in [0.15, 0.2) is 6.33 Å². The van der Waals surface area contributed by atoms with Gasteiger partial charge in [0.05, 0.1) is 6.33 Å². The van der Waals surface area contributed by atoms with Crippen molar-refractivity contribution in [2.75, 3.05) is 26.2 Å². The number of carboxylic acids is 1. The number of carboxylic acid groups (broad SMARTS) is 1. The molecule has 0 bridgehead atoms. The second-order valence-corrected chi connectivity index (χ2v) is 5.70. The summed E-state index contributed by atoms with van der Waals surface area (Å²) >= 11 is 0. The fourth-order valence-corrected chi connectivity index (χ4v) is 3.33. The molecule has 2 heterocycles. The summed E-state index contributed by atoms with van der Waals surface area (Å²) in [5.41, 5.74) is -0.116. The smallest absolute Gasteiger partial charge is 0.354 e. The zero-order valence-electron chi connectivity index (χ0n) is 11.9. The zero-order valence-corrected chi connectivity index (χ0v) is 11.9. The Kier molecular flexibility index (Phi) is 3.92. The summed E-state index contributed by atoms with van der Waals surface area (Å²) in [5, 5.41) is 9.04. The summed E-state index contributed by atoms with van der Waals surface area (Å²) in [7, 11) is 0. The average molecular weight is 292 g/mol. The highest BCUT2D eigenvalue weighted by Crippen LogP contribution is 2.24. The topological polar surface area (TPSA) is 89.5 Å². The third-order valence-corrected chi connectivity index (χ3v) is 4.50. The van der Waals surface area contributed by atoms with Crippen molar-refractivity contribution >= 4 is 11.9 Å². The standard InChI is InChI=1S/C14H20N4O3/c19-13(11-12(14(20)21)16-9-15-11)18-7-5-17(6-8-18)10-3-1-2-4-10/h9-10H,1-8H2,(H,15,16)(H,20,21). The third kappa shape index (κ3) is 2.78. The lowest BCUT2D eigenvalue weighted by atomic mass is 10.1. The zero-order chi connectivity index (χ0) is 14.8. The van der Waals surface area contributed by atoms with E-state index in [1.807, 2.05) is 0 Å². The molecule has 114 valence electrons. The Balaban J connectivity index is 1.62. The number of carbonyl (C=O) groups excluding carboxylic acids is 1. The number of rotatable bonds is 3. The van der Waals surface area contributed by atoms with Gasteiger partial charge < -0.3 is 15.0 Å². The van der Waals surface area contributed by atoms with Gasteiger partial charge >= 0.3 is 5.97 Å². The van der Waals surface area contributed by atoms with Gasteiger partial charge in [-0.1, -0.05) is 12.8 Å². The molecule has 21 heavy (non-hydrogen) atoms. The molecule has 1 aromatic rings. The quantitative estimate of drug-likeness (QED) is 0.860. The summed E-state index contributed by atoms with van der Waals surface area (Å²) in [5.74, 6) is -1.44. The minimum absolute atomic E-state index is 0.0109. The van der Waals surface area contributed by atoms with Gasteiger partial charge in [-0.3, -0.25) is 9.69 Å². The van der Waals surface area contributed by atoms with Gasteiger partial charge in [-0.25, -0.2) is 9.78 Å². The van der Waals surface area contributed by atoms with Crippen LogP contribution in [0.4, 0.5) is 0 Å². The number of aromatic carboxylic acids is 1. The lowest BCUT2D eigenvalue weighted by Crippen LogP contribution is -2.51. The van der Waals surface area contributed by atoms with Crippen LogP contribution in [-0.2, 0) is 0 Å². The fraction of sp³-hybridized carbons (Fsp3) is 0.643. The Hall–Kier alpha value is -1.89. The number of nitrogens with zero attached hydrogens (tertiary/aromatic N) is 3. The molecule has 1 aliphatic heterocycles. The Bertz CT molecular complexity index is 528. The molecule has 1 saturated carbocycles. The van der Waals surface area contributed by atoms with Crippen LogP contribution in [0.1, 0.15) is 46.7 Å². The van der Waals surface area contributed by atoms with Crippen LogP contribution < -0.4 is 0 Å². The minimum Gasteiger partial charge on any atom is -0.477 e. The predicted molar refractivity (Wildman–Crippen MR) is 75.3 cm³/mol. The maximum atomic E-state index is 12.4. The molecule has 7 nitrogen and oxygen atoms in total. The fourth-order valence-electron chi connectivity index (χ4n) is 3.33. The van der Waals surface area contributed by atoms with Crippen molar-refractivity contribution in [3.05, 3.63) is 17.7 Å². The summed E-state index contributed by atoms with van der Waals surface area (Å²) in [6.07, 6.45) is 6.39. The average Bonchev–Trinajstić information content (AvgIpc) is 3.18. The van der Waals surface area contributed by atoms with Crippen molar-refractivity contribution in [3.8, 4) is 0 Å². The first-order valence-corrected chi connectivity index (χ1v) is 7.47. The van der Waals surface area contributed by atoms with Gasteiger partial charge in [0.2, 0.25) is 0 Å². The summed E-state index contributed by atoms with van der Waals surface area (Å²) in [6, 6.07) is 0.669. The van der Waals surface area contributed by atoms with Crippen LogP contribution in [0, 0.1) is 0 Å². The van der Waals surface area contributed by atoms with Gasteiger partial charge in [-0.2, -0.15) is 0 Å². The van der Waals surface area contributed by atoms with E-state index in [4.69, 9.17) is 5.11 Å². The van der Waals surface area contributed by atoms with E-state index < -0.39 is 5.97 Å². The number of piperazine rings is 1. The maximum absolute atomic E-state index is 12.4. The normalized spacial score (nSPS) is 20.9. The Morgan fingerprint density at radius 1 is 1.19 bits per heavy atom. The lowest BCUT2D eigenvalue weighted by Gasteiger charge is -2.37. The van der Waals surface area contributed by atoms with Crippen LogP contribution in [0.25, 0.3) is 0 Å². The van der Waals surface area contributed by atoms with Gasteiger partial charge in [0.1, 0.15) is 0 Å². The largest absolute Gasteiger partial charge is 0.477 e. The van der Waals surface area contributed by atoms with E-state index in [1.165, 1.54) is 32.0 Å². The molecule has 1 saturated heterocycles. The highest BCUT2D eigenvalue weighted by molar-refractivity contribution is 6.02. The van der Waals surface area contributed by atoms with Crippen LogP contribution in [-0.4, -0.2) is 69.0 Å². The molecule has 1 aromatic heterocycles. The van der Waals surface area contributed by atoms with Gasteiger partial charge in [-0.05, 0) is 12.8 Å². The summed E-state index contributed by atoms with van der Waals surface area (Å²) < 4.78 is 0. The number of hydrogen-bond donors (Lipinski definition) is 2. The van der Waals surface area contributed by atoms with E-state index in [1.54, 1.807) is 4.90 Å². The summed E-state index contributed by atoms with van der Waals surface area (Å²) in [6.45, 7) is 3.01. The molecule has 3 rings (SSSR count). The van der Waals surface area contributed by atoms with Crippen molar-refractivity contribution in [1.82, 2.24) is 19.8 Å². The van der Waals surface area contributed by atoms with E-state index in [0.29, 0.717) is 19.1 Å². The Labute approximate surface area is 122 Å². The van der Waals surface area contributed by atoms with Gasteiger partial charge in [0, 0.05) is 32.2 Å². The predicted octanol–water partition coefficient (Wildman–Crippen LogP) is 0.808. The number of amides is 1. The van der Waals surface area contributed by atoms with E-state index in [0.717, 1.165) is 13.1 Å². The molecule has 0 aromatic carbocycles. The van der Waals surface area contributed by atoms with E-state index in [2.05, 4.69) is 14.9 Å². The third-order valence-electron chi connectivity index (χ3n) is 4.50. The van der Waals surface area contributed by atoms with E-state index >= 15 is 0 Å². The van der Waals surface area contributed by atoms with Crippen molar-refractivity contribution in [2.24, 2.45) is 0 Å². The molecule has 2 N–H and O–H groups in total. The Morgan fingerprint density at radius 2 is 1.86 bits per heavy atom. The maximum Gasteiger partial charge on any atom is 0.354 e. The molecule has 0 spiro atoms. The number of aromatic nitrogens is 2. The first-order chi connectivity index (χ1) is 10.2. The SMILES string of the molecule is O=C(O)c1[nH]cnc1C(=O)N1CCN(C2CCCC2)CC1. The minimum atomic E-state index is -1.15. The first-order valence-electron chi connectivity index (χ1n) is 7.47. The molecule has 7 heteroatoms. The molecule has 2 aliphatic rings. The summed E-state index contributed by atoms with van der Waals surface area (Å²) in [4.78, 5) is 34.0. The number of carbonyl (C=O) groups is 2. The van der Waals surface area contributed by atoms with Crippen LogP contribution >= 0.6 is 0 Å². The first kappa shape index (κ1) is 14.1. The number of H-pyrrole nitrogens is 1. The van der Waals surface area contributed by atoms with Gasteiger partial charge in [0.25, 0.3) is 5.91 Å². The van der Waals surface area contributed by atoms with Gasteiger partial charge in [0.15, 0.2) is 11.4 Å². The number of imidazole rings is 1.